The van der Waals surface area contributed by atoms with E-state index in [9.17, 15) is 9.59 Å². The molecule has 0 aliphatic carbocycles. The zero-order chi connectivity index (χ0) is 36.4. The lowest BCUT2D eigenvalue weighted by molar-refractivity contribution is -0.163. The number of hydrogen-bond donors (Lipinski definition) is 0. The number of unbranched alkanes of at least 4 members (excludes halogenated alkanes) is 28. The van der Waals surface area contributed by atoms with Gasteiger partial charge in [-0.25, -0.2) is 0 Å². The Labute approximate surface area is 312 Å². The van der Waals surface area contributed by atoms with Crippen LogP contribution < -0.4 is 0 Å². The summed E-state index contributed by atoms with van der Waals surface area (Å²) in [5.74, 6) is -0.401. The molecule has 0 amide bonds. The van der Waals surface area contributed by atoms with Crippen molar-refractivity contribution in [1.82, 2.24) is 0 Å². The van der Waals surface area contributed by atoms with E-state index in [0.717, 1.165) is 44.9 Å². The van der Waals surface area contributed by atoms with Crippen LogP contribution in [0.1, 0.15) is 239 Å². The maximum atomic E-state index is 12.5. The third-order valence-corrected chi connectivity index (χ3v) is 9.80. The third kappa shape index (κ3) is 39.4. The van der Waals surface area contributed by atoms with Crippen LogP contribution in [0.15, 0.2) is 12.2 Å². The highest BCUT2D eigenvalue weighted by Gasteiger charge is 2.17. The first-order valence-corrected chi connectivity index (χ1v) is 22.2. The number of hydrogen-bond acceptors (Lipinski definition) is 5. The van der Waals surface area contributed by atoms with Crippen molar-refractivity contribution in [3.63, 3.8) is 0 Å². The van der Waals surface area contributed by atoms with E-state index in [1.165, 1.54) is 161 Å². The number of rotatable bonds is 41. The van der Waals surface area contributed by atoms with Crippen molar-refractivity contribution in [1.29, 1.82) is 0 Å². The van der Waals surface area contributed by atoms with Gasteiger partial charge in [0.15, 0.2) is 6.10 Å². The molecular weight excluding hydrogens is 620 g/mol. The molecule has 0 N–H and O–H groups in total. The largest absolute Gasteiger partial charge is 0.462 e. The van der Waals surface area contributed by atoms with Crippen LogP contribution in [0.5, 0.6) is 0 Å². The molecule has 0 saturated heterocycles. The van der Waals surface area contributed by atoms with Gasteiger partial charge in [-0.1, -0.05) is 193 Å². The highest BCUT2D eigenvalue weighted by atomic mass is 16.6. The third-order valence-electron chi connectivity index (χ3n) is 9.80. The standard InChI is InChI=1S/C45H86O5/c1-4-7-10-13-15-17-19-20-21-22-23-24-25-27-29-31-34-37-40-48-41-43(50-45(47)39-36-32-12-9-6-3)42-49-44(46)38-35-33-30-28-26-18-16-14-11-8-5-2/h20-21,43H,4-19,22-42H2,1-3H3/b21-20-. The number of allylic oxidation sites excluding steroid dienone is 2. The Hall–Kier alpha value is -1.36. The summed E-state index contributed by atoms with van der Waals surface area (Å²) in [6.45, 7) is 7.77. The fourth-order valence-corrected chi connectivity index (χ4v) is 6.45. The number of ether oxygens (including phenoxy) is 3. The smallest absolute Gasteiger partial charge is 0.306 e. The summed E-state index contributed by atoms with van der Waals surface area (Å²) in [7, 11) is 0. The van der Waals surface area contributed by atoms with Crippen molar-refractivity contribution < 1.29 is 23.8 Å². The van der Waals surface area contributed by atoms with Crippen LogP contribution >= 0.6 is 0 Å². The zero-order valence-electron chi connectivity index (χ0n) is 33.9. The maximum Gasteiger partial charge on any atom is 0.306 e. The van der Waals surface area contributed by atoms with Crippen LogP contribution in [0, 0.1) is 0 Å². The number of carbonyl (C=O) groups is 2. The van der Waals surface area contributed by atoms with Gasteiger partial charge in [-0.15, -0.1) is 0 Å². The quantitative estimate of drug-likeness (QED) is 0.0360. The van der Waals surface area contributed by atoms with Crippen LogP contribution in [0.25, 0.3) is 0 Å². The van der Waals surface area contributed by atoms with E-state index < -0.39 is 6.10 Å². The van der Waals surface area contributed by atoms with Crippen molar-refractivity contribution >= 4 is 11.9 Å². The van der Waals surface area contributed by atoms with Crippen LogP contribution in [0.2, 0.25) is 0 Å². The molecule has 0 aliphatic rings. The molecule has 5 heteroatoms. The van der Waals surface area contributed by atoms with Crippen molar-refractivity contribution in [2.24, 2.45) is 0 Å². The SMILES string of the molecule is CCCCCCCC/C=C\CCCCCCCCCCOCC(COC(=O)CCCCCCCCCCCCC)OC(=O)CCCCCCC. The Morgan fingerprint density at radius 1 is 0.420 bits per heavy atom. The molecule has 1 unspecified atom stereocenters. The summed E-state index contributed by atoms with van der Waals surface area (Å²) in [6, 6.07) is 0. The van der Waals surface area contributed by atoms with Gasteiger partial charge in [0.25, 0.3) is 0 Å². The molecule has 0 spiro atoms. The van der Waals surface area contributed by atoms with Gasteiger partial charge >= 0.3 is 11.9 Å². The highest BCUT2D eigenvalue weighted by Crippen LogP contribution is 2.14. The second-order valence-electron chi connectivity index (χ2n) is 15.0. The number of esters is 2. The maximum absolute atomic E-state index is 12.5. The lowest BCUT2D eigenvalue weighted by Crippen LogP contribution is -2.30. The second-order valence-corrected chi connectivity index (χ2v) is 15.0. The fourth-order valence-electron chi connectivity index (χ4n) is 6.45. The first kappa shape index (κ1) is 48.6. The summed E-state index contributed by atoms with van der Waals surface area (Å²) in [5, 5.41) is 0. The topological polar surface area (TPSA) is 61.8 Å². The predicted molar refractivity (Wildman–Crippen MR) is 215 cm³/mol. The van der Waals surface area contributed by atoms with Gasteiger partial charge in [-0.3, -0.25) is 9.59 Å². The summed E-state index contributed by atoms with van der Waals surface area (Å²) in [4.78, 5) is 24.9. The zero-order valence-corrected chi connectivity index (χ0v) is 33.9. The molecule has 0 rings (SSSR count). The molecule has 0 bridgehead atoms. The van der Waals surface area contributed by atoms with Crippen molar-refractivity contribution in [3.05, 3.63) is 12.2 Å². The first-order valence-electron chi connectivity index (χ1n) is 22.2. The normalized spacial score (nSPS) is 12.1. The van der Waals surface area contributed by atoms with Crippen LogP contribution in [-0.2, 0) is 23.8 Å². The molecule has 0 fully saturated rings. The molecule has 50 heavy (non-hydrogen) atoms. The minimum atomic E-state index is -0.523. The lowest BCUT2D eigenvalue weighted by atomic mass is 10.1. The van der Waals surface area contributed by atoms with Gasteiger partial charge in [-0.05, 0) is 44.9 Å². The molecule has 0 aliphatic heterocycles. The van der Waals surface area contributed by atoms with Crippen molar-refractivity contribution in [2.45, 2.75) is 245 Å². The highest BCUT2D eigenvalue weighted by molar-refractivity contribution is 5.70. The van der Waals surface area contributed by atoms with Crippen molar-refractivity contribution in [3.8, 4) is 0 Å². The van der Waals surface area contributed by atoms with Crippen molar-refractivity contribution in [2.75, 3.05) is 19.8 Å². The van der Waals surface area contributed by atoms with E-state index in [-0.39, 0.29) is 18.5 Å². The molecule has 0 aromatic heterocycles. The number of carbonyl (C=O) groups excluding carboxylic acids is 2. The predicted octanol–water partition coefficient (Wildman–Crippen LogP) is 14.3. The Morgan fingerprint density at radius 2 is 0.780 bits per heavy atom. The second kappa shape index (κ2) is 42.1. The molecule has 0 saturated carbocycles. The average Bonchev–Trinajstić information content (AvgIpc) is 3.11. The Bertz CT molecular complexity index is 720. The fraction of sp³-hybridized carbons (Fsp3) is 0.911. The van der Waals surface area contributed by atoms with Gasteiger partial charge < -0.3 is 14.2 Å². The molecule has 1 atom stereocenters. The van der Waals surface area contributed by atoms with Gasteiger partial charge in [0, 0.05) is 19.4 Å². The van der Waals surface area contributed by atoms with Gasteiger partial charge in [0.2, 0.25) is 0 Å². The lowest BCUT2D eigenvalue weighted by Gasteiger charge is -2.18. The molecule has 296 valence electrons. The van der Waals surface area contributed by atoms with E-state index in [0.29, 0.717) is 26.1 Å². The average molecular weight is 707 g/mol. The molecule has 0 radical (unpaired) electrons. The van der Waals surface area contributed by atoms with Crippen LogP contribution in [-0.4, -0.2) is 37.9 Å². The minimum absolute atomic E-state index is 0.0906. The van der Waals surface area contributed by atoms with Crippen LogP contribution in [0.4, 0.5) is 0 Å². The molecule has 0 aromatic carbocycles. The monoisotopic (exact) mass is 707 g/mol. The molecule has 5 nitrogen and oxygen atoms in total. The summed E-state index contributed by atoms with van der Waals surface area (Å²) >= 11 is 0. The van der Waals surface area contributed by atoms with E-state index in [1.807, 2.05) is 0 Å². The minimum Gasteiger partial charge on any atom is -0.462 e. The van der Waals surface area contributed by atoms with Crippen LogP contribution in [0.3, 0.4) is 0 Å². The Balaban J connectivity index is 4.00. The summed E-state index contributed by atoms with van der Waals surface area (Å²) < 4.78 is 17.2. The summed E-state index contributed by atoms with van der Waals surface area (Å²) in [6.07, 6.45) is 45.2. The molecular formula is C45H86O5. The van der Waals surface area contributed by atoms with E-state index in [1.54, 1.807) is 0 Å². The molecule has 0 aromatic rings. The van der Waals surface area contributed by atoms with E-state index >= 15 is 0 Å². The van der Waals surface area contributed by atoms with Gasteiger partial charge in [-0.2, -0.15) is 0 Å². The van der Waals surface area contributed by atoms with E-state index in [4.69, 9.17) is 14.2 Å². The molecule has 0 heterocycles. The van der Waals surface area contributed by atoms with Gasteiger partial charge in [0.1, 0.15) is 6.61 Å². The Morgan fingerprint density at radius 3 is 1.22 bits per heavy atom. The first-order chi connectivity index (χ1) is 24.6. The Kier molecular flexibility index (Phi) is 40.9. The van der Waals surface area contributed by atoms with Gasteiger partial charge in [0.05, 0.1) is 6.61 Å². The van der Waals surface area contributed by atoms with E-state index in [2.05, 4.69) is 32.9 Å². The summed E-state index contributed by atoms with van der Waals surface area (Å²) in [5.41, 5.74) is 0.